The molecule has 152 valence electrons. The summed E-state index contributed by atoms with van der Waals surface area (Å²) in [6.07, 6.45) is 1.63. The molecule has 1 unspecified atom stereocenters. The molecule has 1 saturated carbocycles. The van der Waals surface area contributed by atoms with Gasteiger partial charge in [-0.1, -0.05) is 41.5 Å². The lowest BCUT2D eigenvalue weighted by Gasteiger charge is -2.34. The van der Waals surface area contributed by atoms with E-state index in [-0.39, 0.29) is 18.8 Å². The van der Waals surface area contributed by atoms with Crippen LogP contribution >= 0.6 is 11.6 Å². The molecule has 0 radical (unpaired) electrons. The Morgan fingerprint density at radius 1 is 1.21 bits per heavy atom. The van der Waals surface area contributed by atoms with E-state index in [1.54, 1.807) is 19.1 Å². The highest BCUT2D eigenvalue weighted by Crippen LogP contribution is 2.45. The smallest absolute Gasteiger partial charge is 0.416 e. The Morgan fingerprint density at radius 2 is 1.89 bits per heavy atom. The maximum atomic E-state index is 12.8. The van der Waals surface area contributed by atoms with Gasteiger partial charge in [-0.15, -0.1) is 0 Å². The Balaban J connectivity index is 1.86. The van der Waals surface area contributed by atoms with Crippen LogP contribution in [0.3, 0.4) is 0 Å². The number of carbonyl (C=O) groups excluding carboxylic acids is 1. The van der Waals surface area contributed by atoms with Gasteiger partial charge in [0.25, 0.3) is 0 Å². The van der Waals surface area contributed by atoms with E-state index in [1.807, 2.05) is 0 Å². The predicted octanol–water partition coefficient (Wildman–Crippen LogP) is 5.73. The van der Waals surface area contributed by atoms with Crippen LogP contribution in [0.4, 0.5) is 13.2 Å². The van der Waals surface area contributed by atoms with Crippen molar-refractivity contribution in [1.29, 1.82) is 0 Å². The second kappa shape index (κ2) is 8.29. The zero-order chi connectivity index (χ0) is 20.4. The topological polar surface area (TPSA) is 35.5 Å². The van der Waals surface area contributed by atoms with Crippen LogP contribution in [0.1, 0.15) is 43.7 Å². The zero-order valence-corrected chi connectivity index (χ0v) is 16.3. The van der Waals surface area contributed by atoms with Gasteiger partial charge in [0.15, 0.2) is 5.06 Å². The van der Waals surface area contributed by atoms with Gasteiger partial charge in [-0.2, -0.15) is 13.2 Å². The van der Waals surface area contributed by atoms with Gasteiger partial charge in [0.05, 0.1) is 25.2 Å². The van der Waals surface area contributed by atoms with Crippen LogP contribution in [0.15, 0.2) is 42.0 Å². The number of alkyl halides is 4. The first kappa shape index (κ1) is 20.9. The number of halogens is 4. The molecule has 7 heteroatoms. The van der Waals surface area contributed by atoms with Crippen molar-refractivity contribution in [3.8, 4) is 0 Å². The fourth-order valence-electron chi connectivity index (χ4n) is 3.10. The van der Waals surface area contributed by atoms with Crippen molar-refractivity contribution in [2.24, 2.45) is 5.92 Å². The number of ether oxygens (including phenoxy) is 2. The molecule has 0 heterocycles. The van der Waals surface area contributed by atoms with Crippen LogP contribution < -0.4 is 0 Å². The minimum absolute atomic E-state index is 0.103. The highest BCUT2D eigenvalue weighted by atomic mass is 35.5. The lowest BCUT2D eigenvalue weighted by atomic mass is 9.88. The second-order valence-corrected chi connectivity index (χ2v) is 7.73. The summed E-state index contributed by atoms with van der Waals surface area (Å²) in [5, 5.41) is -1.22. The Labute approximate surface area is 167 Å². The Bertz CT molecular complexity index is 779. The van der Waals surface area contributed by atoms with Gasteiger partial charge in [0, 0.05) is 12.0 Å². The molecule has 1 fully saturated rings. The van der Waals surface area contributed by atoms with Crippen molar-refractivity contribution in [2.75, 3.05) is 13.2 Å². The van der Waals surface area contributed by atoms with Crippen LogP contribution in [-0.4, -0.2) is 24.2 Å². The molecule has 3 rings (SSSR count). The lowest BCUT2D eigenvalue weighted by Crippen LogP contribution is -2.31. The molecular formula is C21H22ClF3O3. The zero-order valence-electron chi connectivity index (χ0n) is 15.5. The molecule has 0 N–H and O–H groups in total. The highest BCUT2D eigenvalue weighted by Gasteiger charge is 2.39. The molecule has 1 aromatic rings. The predicted molar refractivity (Wildman–Crippen MR) is 101 cm³/mol. The number of allylic oxidation sites excluding steroid dienone is 2. The summed E-state index contributed by atoms with van der Waals surface area (Å²) < 4.78 is 49.5. The molecule has 3 nitrogen and oxygen atoms in total. The summed E-state index contributed by atoms with van der Waals surface area (Å²) in [6.45, 7) is 2.51. The minimum Gasteiger partial charge on any atom is -0.466 e. The van der Waals surface area contributed by atoms with Gasteiger partial charge in [0.1, 0.15) is 0 Å². The third-order valence-electron chi connectivity index (χ3n) is 4.79. The van der Waals surface area contributed by atoms with Crippen LogP contribution in [-0.2, 0) is 20.4 Å². The number of hydrogen-bond acceptors (Lipinski definition) is 3. The molecule has 0 bridgehead atoms. The monoisotopic (exact) mass is 414 g/mol. The average Bonchev–Trinajstić information content (AvgIpc) is 3.44. The first-order valence-corrected chi connectivity index (χ1v) is 9.65. The van der Waals surface area contributed by atoms with Crippen molar-refractivity contribution >= 4 is 23.1 Å². The van der Waals surface area contributed by atoms with Crippen LogP contribution in [0.25, 0.3) is 5.57 Å². The fraction of sp³-hybridized carbons (Fsp3) is 0.476. The van der Waals surface area contributed by atoms with Crippen molar-refractivity contribution < 1.29 is 27.4 Å². The van der Waals surface area contributed by atoms with Gasteiger partial charge in [-0.05, 0) is 43.4 Å². The summed E-state index contributed by atoms with van der Waals surface area (Å²) in [7, 11) is 0. The van der Waals surface area contributed by atoms with Gasteiger partial charge in [-0.3, -0.25) is 4.79 Å². The molecule has 2 aliphatic rings. The van der Waals surface area contributed by atoms with Gasteiger partial charge in [0.2, 0.25) is 0 Å². The standard InChI is InChI=1S/C21H22ClF3O3/c1-2-27-19(26)11-15-5-10-18(20(22,12-15)28-13-14-3-4-14)16-6-8-17(9-7-16)21(23,24)25/h5-10,14H,2-4,11-13H2,1H3. The molecule has 0 amide bonds. The Kier molecular flexibility index (Phi) is 6.20. The molecule has 28 heavy (non-hydrogen) atoms. The van der Waals surface area contributed by atoms with E-state index in [1.165, 1.54) is 12.1 Å². The van der Waals surface area contributed by atoms with E-state index in [0.717, 1.165) is 30.5 Å². The first-order valence-electron chi connectivity index (χ1n) is 9.27. The number of rotatable bonds is 7. The third kappa shape index (κ3) is 5.17. The molecule has 0 saturated heterocycles. The fourth-order valence-corrected chi connectivity index (χ4v) is 3.51. The first-order chi connectivity index (χ1) is 13.2. The van der Waals surface area contributed by atoms with Crippen LogP contribution in [0.2, 0.25) is 0 Å². The number of hydrogen-bond donors (Lipinski definition) is 0. The SMILES string of the molecule is CCOC(=O)CC1=CC=C(c2ccc(C(F)(F)F)cc2)C(Cl)(OCC2CC2)C1. The normalized spacial score (nSPS) is 22.5. The molecular weight excluding hydrogens is 393 g/mol. The van der Waals surface area contributed by atoms with E-state index in [4.69, 9.17) is 21.1 Å². The summed E-state index contributed by atoms with van der Waals surface area (Å²) in [4.78, 5) is 11.8. The molecule has 1 atom stereocenters. The minimum atomic E-state index is -4.40. The van der Waals surface area contributed by atoms with E-state index >= 15 is 0 Å². The number of benzene rings is 1. The lowest BCUT2D eigenvalue weighted by molar-refractivity contribution is -0.142. The number of esters is 1. The van der Waals surface area contributed by atoms with Gasteiger partial charge in [-0.25, -0.2) is 0 Å². The Hall–Kier alpha value is -1.79. The molecule has 0 spiro atoms. The summed E-state index contributed by atoms with van der Waals surface area (Å²) in [6, 6.07) is 4.87. The van der Waals surface area contributed by atoms with Crippen LogP contribution in [0, 0.1) is 5.92 Å². The maximum Gasteiger partial charge on any atom is 0.416 e. The van der Waals surface area contributed by atoms with Crippen molar-refractivity contribution in [3.05, 3.63) is 53.1 Å². The average molecular weight is 415 g/mol. The Morgan fingerprint density at radius 3 is 2.46 bits per heavy atom. The quantitative estimate of drug-likeness (QED) is 0.422. The molecule has 0 aliphatic heterocycles. The largest absolute Gasteiger partial charge is 0.466 e. The van der Waals surface area contributed by atoms with Crippen molar-refractivity contribution in [1.82, 2.24) is 0 Å². The van der Waals surface area contributed by atoms with Gasteiger partial charge < -0.3 is 9.47 Å². The molecule has 2 aliphatic carbocycles. The maximum absolute atomic E-state index is 12.8. The third-order valence-corrected chi connectivity index (χ3v) is 5.23. The molecule has 0 aromatic heterocycles. The van der Waals surface area contributed by atoms with E-state index in [9.17, 15) is 18.0 Å². The van der Waals surface area contributed by atoms with Crippen molar-refractivity contribution in [3.63, 3.8) is 0 Å². The van der Waals surface area contributed by atoms with E-state index in [2.05, 4.69) is 0 Å². The highest BCUT2D eigenvalue weighted by molar-refractivity contribution is 6.29. The van der Waals surface area contributed by atoms with E-state index < -0.39 is 16.8 Å². The van der Waals surface area contributed by atoms with E-state index in [0.29, 0.717) is 30.3 Å². The number of carbonyl (C=O) groups is 1. The second-order valence-electron chi connectivity index (χ2n) is 7.12. The summed E-state index contributed by atoms with van der Waals surface area (Å²) >= 11 is 6.83. The van der Waals surface area contributed by atoms with Gasteiger partial charge >= 0.3 is 12.1 Å². The van der Waals surface area contributed by atoms with Crippen molar-refractivity contribution in [2.45, 2.75) is 43.8 Å². The summed E-state index contributed by atoms with van der Waals surface area (Å²) in [5.74, 6) is 0.116. The summed E-state index contributed by atoms with van der Waals surface area (Å²) in [5.41, 5.74) is 1.20. The molecule has 1 aromatic carbocycles. The van der Waals surface area contributed by atoms with Crippen LogP contribution in [0.5, 0.6) is 0 Å².